The Labute approximate surface area is 125 Å². The maximum absolute atomic E-state index is 11.9. The standard InChI is InChI=1S/C10H11Cl2NO6S/c1-18-4-5-19-13-20(16,17)7-3-2-6(11)8(9(7)12)10(14)15/h2-3,13H,4-5H2,1H3,(H,14,15). The van der Waals surface area contributed by atoms with Gasteiger partial charge in [0.05, 0.1) is 28.8 Å². The van der Waals surface area contributed by atoms with Gasteiger partial charge in [0, 0.05) is 7.11 Å². The molecule has 20 heavy (non-hydrogen) atoms. The van der Waals surface area contributed by atoms with E-state index in [1.54, 1.807) is 0 Å². The molecule has 0 bridgehead atoms. The van der Waals surface area contributed by atoms with Crippen LogP contribution in [0.15, 0.2) is 17.0 Å². The van der Waals surface area contributed by atoms with Crippen molar-refractivity contribution in [1.82, 2.24) is 4.89 Å². The van der Waals surface area contributed by atoms with E-state index in [1.807, 2.05) is 4.89 Å². The van der Waals surface area contributed by atoms with E-state index in [2.05, 4.69) is 9.57 Å². The second kappa shape index (κ2) is 7.21. The molecule has 0 fully saturated rings. The molecule has 2 N–H and O–H groups in total. The van der Waals surface area contributed by atoms with E-state index in [1.165, 1.54) is 7.11 Å². The molecule has 0 aliphatic heterocycles. The Morgan fingerprint density at radius 1 is 1.35 bits per heavy atom. The number of carbonyl (C=O) groups is 1. The molecule has 10 heteroatoms. The van der Waals surface area contributed by atoms with Crippen LogP contribution in [0.5, 0.6) is 0 Å². The zero-order chi connectivity index (χ0) is 15.3. The average molecular weight is 344 g/mol. The van der Waals surface area contributed by atoms with Gasteiger partial charge in [-0.2, -0.15) is 0 Å². The largest absolute Gasteiger partial charge is 0.478 e. The topological polar surface area (TPSA) is 102 Å². The molecule has 1 aromatic carbocycles. The van der Waals surface area contributed by atoms with Crippen LogP contribution >= 0.6 is 23.2 Å². The molecule has 0 radical (unpaired) electrons. The van der Waals surface area contributed by atoms with Crippen molar-refractivity contribution in [2.75, 3.05) is 20.3 Å². The third kappa shape index (κ3) is 4.05. The fraction of sp³-hybridized carbons (Fsp3) is 0.300. The summed E-state index contributed by atoms with van der Waals surface area (Å²) in [6.45, 7) is 0.157. The first-order chi connectivity index (χ1) is 9.31. The van der Waals surface area contributed by atoms with Crippen LogP contribution in [0.25, 0.3) is 0 Å². The quantitative estimate of drug-likeness (QED) is 0.575. The molecule has 0 atom stereocenters. The highest BCUT2D eigenvalue weighted by Crippen LogP contribution is 2.30. The SMILES string of the molecule is COCCONS(=O)(=O)c1ccc(Cl)c(C(=O)O)c1Cl. The third-order valence-electron chi connectivity index (χ3n) is 2.12. The van der Waals surface area contributed by atoms with Crippen LogP contribution in [0.2, 0.25) is 10.0 Å². The summed E-state index contributed by atoms with van der Waals surface area (Å²) in [5.41, 5.74) is -0.493. The van der Waals surface area contributed by atoms with Crippen molar-refractivity contribution in [2.45, 2.75) is 4.90 Å². The number of aromatic carboxylic acids is 1. The predicted octanol–water partition coefficient (Wildman–Crippen LogP) is 1.55. The smallest absolute Gasteiger partial charge is 0.338 e. The molecule has 0 aliphatic carbocycles. The van der Waals surface area contributed by atoms with E-state index in [0.29, 0.717) is 0 Å². The van der Waals surface area contributed by atoms with Crippen molar-refractivity contribution in [2.24, 2.45) is 0 Å². The normalized spacial score (nSPS) is 11.6. The molecule has 0 saturated carbocycles. The van der Waals surface area contributed by atoms with Crippen molar-refractivity contribution in [3.05, 3.63) is 27.7 Å². The molecule has 1 rings (SSSR count). The van der Waals surface area contributed by atoms with Crippen LogP contribution in [0.1, 0.15) is 10.4 Å². The summed E-state index contributed by atoms with van der Waals surface area (Å²) in [5.74, 6) is -1.43. The van der Waals surface area contributed by atoms with Gasteiger partial charge in [0.2, 0.25) is 0 Å². The Morgan fingerprint density at radius 2 is 2.00 bits per heavy atom. The van der Waals surface area contributed by atoms with Crippen molar-refractivity contribution in [3.8, 4) is 0 Å². The van der Waals surface area contributed by atoms with Gasteiger partial charge in [-0.15, -0.1) is 0 Å². The molecule has 0 aromatic heterocycles. The molecule has 0 saturated heterocycles. The number of benzene rings is 1. The molecule has 0 unspecified atom stereocenters. The highest BCUT2D eigenvalue weighted by atomic mass is 35.5. The van der Waals surface area contributed by atoms with Crippen molar-refractivity contribution >= 4 is 39.2 Å². The molecule has 0 amide bonds. The number of nitrogens with one attached hydrogen (secondary N) is 1. The molecule has 0 spiro atoms. The first-order valence-electron chi connectivity index (χ1n) is 5.15. The van der Waals surface area contributed by atoms with Crippen LogP contribution in [0.4, 0.5) is 0 Å². The fourth-order valence-electron chi connectivity index (χ4n) is 1.23. The summed E-state index contributed by atoms with van der Waals surface area (Å²) in [6, 6.07) is 2.21. The van der Waals surface area contributed by atoms with Crippen LogP contribution in [0.3, 0.4) is 0 Å². The summed E-state index contributed by atoms with van der Waals surface area (Å²) in [6.07, 6.45) is 0. The first kappa shape index (κ1) is 17.2. The zero-order valence-corrected chi connectivity index (χ0v) is 12.5. The third-order valence-corrected chi connectivity index (χ3v) is 4.19. The van der Waals surface area contributed by atoms with Gasteiger partial charge in [-0.05, 0) is 12.1 Å². The Balaban J connectivity index is 3.07. The number of carboxylic acid groups (broad SMARTS) is 1. The number of ether oxygens (including phenoxy) is 1. The monoisotopic (exact) mass is 343 g/mol. The van der Waals surface area contributed by atoms with Gasteiger partial charge < -0.3 is 9.84 Å². The van der Waals surface area contributed by atoms with Gasteiger partial charge in [0.1, 0.15) is 4.90 Å². The Morgan fingerprint density at radius 3 is 2.55 bits per heavy atom. The van der Waals surface area contributed by atoms with Crippen LogP contribution < -0.4 is 4.89 Å². The predicted molar refractivity (Wildman–Crippen MR) is 71.6 cm³/mol. The minimum atomic E-state index is -4.13. The Bertz CT molecular complexity index is 604. The fourth-order valence-corrected chi connectivity index (χ4v) is 2.98. The lowest BCUT2D eigenvalue weighted by atomic mass is 10.2. The molecule has 1 aromatic rings. The van der Waals surface area contributed by atoms with E-state index in [0.717, 1.165) is 12.1 Å². The van der Waals surface area contributed by atoms with Crippen molar-refractivity contribution < 1.29 is 27.9 Å². The van der Waals surface area contributed by atoms with E-state index in [4.69, 9.17) is 28.3 Å². The van der Waals surface area contributed by atoms with Gasteiger partial charge >= 0.3 is 5.97 Å². The van der Waals surface area contributed by atoms with E-state index >= 15 is 0 Å². The summed E-state index contributed by atoms with van der Waals surface area (Å²) in [5, 5.41) is 8.29. The molecular formula is C10H11Cl2NO6S. The lowest BCUT2D eigenvalue weighted by Crippen LogP contribution is -2.26. The van der Waals surface area contributed by atoms with Gasteiger partial charge in [0.25, 0.3) is 10.0 Å². The van der Waals surface area contributed by atoms with Gasteiger partial charge in [-0.3, -0.25) is 4.84 Å². The lowest BCUT2D eigenvalue weighted by Gasteiger charge is -2.10. The number of rotatable bonds is 7. The number of hydrogen-bond acceptors (Lipinski definition) is 5. The maximum Gasteiger partial charge on any atom is 0.338 e. The number of halogens is 2. The second-order valence-corrected chi connectivity index (χ2v) is 5.87. The van der Waals surface area contributed by atoms with Gasteiger partial charge in [0.15, 0.2) is 0 Å². The highest BCUT2D eigenvalue weighted by molar-refractivity contribution is 7.89. The van der Waals surface area contributed by atoms with E-state index in [9.17, 15) is 13.2 Å². The summed E-state index contributed by atoms with van der Waals surface area (Å²) >= 11 is 11.4. The zero-order valence-electron chi connectivity index (χ0n) is 10.2. The summed E-state index contributed by atoms with van der Waals surface area (Å²) in [4.78, 5) is 17.0. The number of sulfonamides is 1. The van der Waals surface area contributed by atoms with Crippen molar-refractivity contribution in [1.29, 1.82) is 0 Å². The van der Waals surface area contributed by atoms with Crippen LogP contribution in [-0.4, -0.2) is 39.8 Å². The van der Waals surface area contributed by atoms with Gasteiger partial charge in [-0.1, -0.05) is 28.1 Å². The number of hydrogen-bond donors (Lipinski definition) is 2. The van der Waals surface area contributed by atoms with E-state index in [-0.39, 0.29) is 18.2 Å². The number of methoxy groups -OCH3 is 1. The van der Waals surface area contributed by atoms with Crippen molar-refractivity contribution in [3.63, 3.8) is 0 Å². The highest BCUT2D eigenvalue weighted by Gasteiger charge is 2.24. The molecule has 0 aliphatic rings. The van der Waals surface area contributed by atoms with Crippen LogP contribution in [-0.2, 0) is 19.6 Å². The Kier molecular flexibility index (Phi) is 6.18. The average Bonchev–Trinajstić information content (AvgIpc) is 2.34. The van der Waals surface area contributed by atoms with Gasteiger partial charge in [-0.25, -0.2) is 13.2 Å². The second-order valence-electron chi connectivity index (χ2n) is 3.47. The maximum atomic E-state index is 11.9. The minimum Gasteiger partial charge on any atom is -0.478 e. The summed E-state index contributed by atoms with van der Waals surface area (Å²) in [7, 11) is -2.70. The molecular weight excluding hydrogens is 333 g/mol. The molecule has 7 nitrogen and oxygen atoms in total. The molecule has 0 heterocycles. The Hall–Kier alpha value is -0.900. The first-order valence-corrected chi connectivity index (χ1v) is 7.39. The van der Waals surface area contributed by atoms with Crippen LogP contribution in [0, 0.1) is 0 Å². The lowest BCUT2D eigenvalue weighted by molar-refractivity contribution is 0.0438. The summed E-state index contributed by atoms with van der Waals surface area (Å²) < 4.78 is 28.5. The number of carboxylic acids is 1. The van der Waals surface area contributed by atoms with E-state index < -0.39 is 31.5 Å². The molecule has 112 valence electrons. The minimum absolute atomic E-state index is 0.0211.